The molecule has 1 aliphatic carbocycles. The average Bonchev–Trinajstić information content (AvgIpc) is 3.29. The third-order valence-corrected chi connectivity index (χ3v) is 6.96. The summed E-state index contributed by atoms with van der Waals surface area (Å²) in [5, 5.41) is 7.52. The van der Waals surface area contributed by atoms with Crippen LogP contribution in [0.2, 0.25) is 10.0 Å². The van der Waals surface area contributed by atoms with E-state index in [9.17, 15) is 9.59 Å². The zero-order chi connectivity index (χ0) is 25.9. The number of benzene rings is 2. The summed E-state index contributed by atoms with van der Waals surface area (Å²) >= 11 is 12.3. The third kappa shape index (κ3) is 5.58. The van der Waals surface area contributed by atoms with Crippen molar-refractivity contribution in [3.63, 3.8) is 0 Å². The Hall–Kier alpha value is -3.55. The summed E-state index contributed by atoms with van der Waals surface area (Å²) in [6.45, 7) is 1.30. The molecule has 0 radical (unpaired) electrons. The topological polar surface area (TPSA) is 84.8 Å². The van der Waals surface area contributed by atoms with Crippen LogP contribution in [0.5, 0.6) is 0 Å². The van der Waals surface area contributed by atoms with Crippen molar-refractivity contribution in [3.8, 4) is 0 Å². The number of rotatable bonds is 5. The average molecular weight is 535 g/mol. The number of hydrogen-bond acceptors (Lipinski definition) is 6. The highest BCUT2D eigenvalue weighted by Crippen LogP contribution is 2.44. The number of aromatic nitrogens is 2. The van der Waals surface area contributed by atoms with Crippen molar-refractivity contribution in [2.75, 3.05) is 6.61 Å². The molecule has 0 bridgehead atoms. The molecule has 1 fully saturated rings. The standard InChI is InChI=1S/C28H24Cl2N4O3/c1-17-14-32-24(15-31-17)28(36)37-16-25(35)34-27(19-8-10-21(29)11-9-19)23-7-3-5-20(26(23)33-34)12-18-4-2-6-22(30)13-18/h2,4,6,8-15,23,27H,3,5,7,16H2,1H3. The van der Waals surface area contributed by atoms with Crippen molar-refractivity contribution < 1.29 is 14.3 Å². The third-order valence-electron chi connectivity index (χ3n) is 6.47. The van der Waals surface area contributed by atoms with Crippen molar-refractivity contribution >= 4 is 46.9 Å². The summed E-state index contributed by atoms with van der Waals surface area (Å²) in [5.41, 5.74) is 4.55. The van der Waals surface area contributed by atoms with Gasteiger partial charge in [0.15, 0.2) is 12.3 Å². The molecule has 0 spiro atoms. The maximum Gasteiger partial charge on any atom is 0.359 e. The van der Waals surface area contributed by atoms with E-state index in [-0.39, 0.29) is 17.7 Å². The summed E-state index contributed by atoms with van der Waals surface area (Å²) in [6.07, 6.45) is 7.57. The van der Waals surface area contributed by atoms with Crippen LogP contribution in [0.3, 0.4) is 0 Å². The van der Waals surface area contributed by atoms with Gasteiger partial charge >= 0.3 is 5.97 Å². The van der Waals surface area contributed by atoms with Gasteiger partial charge in [-0.1, -0.05) is 47.5 Å². The van der Waals surface area contributed by atoms with E-state index in [0.29, 0.717) is 15.7 Å². The van der Waals surface area contributed by atoms with Crippen molar-refractivity contribution in [1.82, 2.24) is 15.0 Å². The first kappa shape index (κ1) is 25.1. The Balaban J connectivity index is 1.43. The molecule has 2 heterocycles. The minimum absolute atomic E-state index is 0.00276. The van der Waals surface area contributed by atoms with E-state index in [4.69, 9.17) is 33.0 Å². The monoisotopic (exact) mass is 534 g/mol. The van der Waals surface area contributed by atoms with Gasteiger partial charge in [0.25, 0.3) is 5.91 Å². The maximum absolute atomic E-state index is 13.4. The highest BCUT2D eigenvalue weighted by molar-refractivity contribution is 6.31. The fourth-order valence-corrected chi connectivity index (χ4v) is 5.09. The zero-order valence-electron chi connectivity index (χ0n) is 20.1. The highest BCUT2D eigenvalue weighted by atomic mass is 35.5. The van der Waals surface area contributed by atoms with Crippen LogP contribution in [0.15, 0.2) is 71.6 Å². The van der Waals surface area contributed by atoms with Crippen LogP contribution in [0, 0.1) is 12.8 Å². The van der Waals surface area contributed by atoms with Crippen LogP contribution in [0.1, 0.15) is 52.6 Å². The van der Waals surface area contributed by atoms with Gasteiger partial charge in [0.2, 0.25) is 0 Å². The van der Waals surface area contributed by atoms with Gasteiger partial charge in [-0.15, -0.1) is 0 Å². The minimum atomic E-state index is -0.713. The van der Waals surface area contributed by atoms with Crippen molar-refractivity contribution in [3.05, 3.63) is 99.1 Å². The van der Waals surface area contributed by atoms with Crippen LogP contribution in [-0.4, -0.2) is 39.2 Å². The second-order valence-corrected chi connectivity index (χ2v) is 9.94. The van der Waals surface area contributed by atoms with Gasteiger partial charge in [-0.05, 0) is 73.2 Å². The molecule has 2 atom stereocenters. The van der Waals surface area contributed by atoms with Gasteiger partial charge in [0, 0.05) is 22.2 Å². The van der Waals surface area contributed by atoms with E-state index in [1.54, 1.807) is 19.1 Å². The number of esters is 1. The highest BCUT2D eigenvalue weighted by Gasteiger charge is 2.43. The fourth-order valence-electron chi connectivity index (χ4n) is 4.76. The first-order chi connectivity index (χ1) is 17.9. The Morgan fingerprint density at radius 1 is 1.08 bits per heavy atom. The molecule has 1 aliphatic heterocycles. The quantitative estimate of drug-likeness (QED) is 0.370. The molecular formula is C28H24Cl2N4O3. The maximum atomic E-state index is 13.4. The Labute approximate surface area is 224 Å². The molecule has 2 unspecified atom stereocenters. The molecular weight excluding hydrogens is 511 g/mol. The molecule has 1 aromatic heterocycles. The molecule has 2 aliphatic rings. The number of carbonyl (C=O) groups excluding carboxylic acids is 2. The van der Waals surface area contributed by atoms with Gasteiger partial charge in [0.1, 0.15) is 0 Å². The molecule has 0 N–H and O–H groups in total. The number of amides is 1. The molecule has 1 saturated carbocycles. The lowest BCUT2D eigenvalue weighted by Crippen LogP contribution is -2.34. The Bertz CT molecular complexity index is 1390. The van der Waals surface area contributed by atoms with Crippen LogP contribution < -0.4 is 0 Å². The van der Waals surface area contributed by atoms with Gasteiger partial charge < -0.3 is 4.74 Å². The Morgan fingerprint density at radius 3 is 2.62 bits per heavy atom. The van der Waals surface area contributed by atoms with E-state index in [2.05, 4.69) is 16.0 Å². The van der Waals surface area contributed by atoms with E-state index in [1.165, 1.54) is 17.4 Å². The van der Waals surface area contributed by atoms with Gasteiger partial charge in [-0.2, -0.15) is 5.10 Å². The van der Waals surface area contributed by atoms with Gasteiger partial charge in [-0.25, -0.2) is 14.8 Å². The number of halogens is 2. The molecule has 1 amide bonds. The van der Waals surface area contributed by atoms with Crippen LogP contribution in [0.4, 0.5) is 0 Å². The molecule has 2 aromatic carbocycles. The molecule has 9 heteroatoms. The predicted molar refractivity (Wildman–Crippen MR) is 142 cm³/mol. The molecule has 0 saturated heterocycles. The number of nitrogens with zero attached hydrogens (tertiary/aromatic N) is 4. The number of carbonyl (C=O) groups is 2. The zero-order valence-corrected chi connectivity index (χ0v) is 21.6. The number of hydrogen-bond donors (Lipinski definition) is 0. The van der Waals surface area contributed by atoms with Crippen LogP contribution >= 0.6 is 23.2 Å². The van der Waals surface area contributed by atoms with Crippen molar-refractivity contribution in [2.45, 2.75) is 32.2 Å². The van der Waals surface area contributed by atoms with Crippen molar-refractivity contribution in [1.29, 1.82) is 0 Å². The normalized spacial score (nSPS) is 19.9. The smallest absolute Gasteiger partial charge is 0.359 e. The number of hydrazone groups is 1. The number of allylic oxidation sites excluding steroid dienone is 1. The second-order valence-electron chi connectivity index (χ2n) is 9.06. The van der Waals surface area contributed by atoms with E-state index in [0.717, 1.165) is 41.7 Å². The largest absolute Gasteiger partial charge is 0.451 e. The lowest BCUT2D eigenvalue weighted by atomic mass is 9.77. The van der Waals surface area contributed by atoms with Crippen LogP contribution in [0.25, 0.3) is 6.08 Å². The van der Waals surface area contributed by atoms with E-state index in [1.807, 2.05) is 36.4 Å². The summed E-state index contributed by atoms with van der Waals surface area (Å²) in [4.78, 5) is 33.9. The van der Waals surface area contributed by atoms with Crippen LogP contribution in [-0.2, 0) is 9.53 Å². The second kappa shape index (κ2) is 10.8. The molecule has 3 aromatic rings. The number of ether oxygens (including phenoxy) is 1. The molecule has 188 valence electrons. The number of fused-ring (bicyclic) bond motifs is 1. The van der Waals surface area contributed by atoms with Gasteiger partial charge in [-0.3, -0.25) is 9.78 Å². The van der Waals surface area contributed by atoms with E-state index >= 15 is 0 Å². The first-order valence-electron chi connectivity index (χ1n) is 12.0. The Kier molecular flexibility index (Phi) is 7.35. The number of aryl methyl sites for hydroxylation is 1. The summed E-state index contributed by atoms with van der Waals surface area (Å²) in [7, 11) is 0. The summed E-state index contributed by atoms with van der Waals surface area (Å²) < 4.78 is 5.28. The molecule has 7 nitrogen and oxygen atoms in total. The summed E-state index contributed by atoms with van der Waals surface area (Å²) in [6, 6.07) is 14.7. The first-order valence-corrected chi connectivity index (χ1v) is 12.7. The lowest BCUT2D eigenvalue weighted by molar-refractivity contribution is -0.137. The lowest BCUT2D eigenvalue weighted by Gasteiger charge is -2.29. The SMILES string of the molecule is Cc1cnc(C(=O)OCC(=O)N2N=C3C(=Cc4cccc(Cl)c4)CCCC3C2c2ccc(Cl)cc2)cn1. The van der Waals surface area contributed by atoms with Crippen molar-refractivity contribution in [2.24, 2.45) is 11.0 Å². The molecule has 37 heavy (non-hydrogen) atoms. The summed E-state index contributed by atoms with van der Waals surface area (Å²) in [5.74, 6) is -1.13. The Morgan fingerprint density at radius 2 is 1.89 bits per heavy atom. The minimum Gasteiger partial charge on any atom is -0.451 e. The van der Waals surface area contributed by atoms with E-state index < -0.39 is 18.5 Å². The van der Waals surface area contributed by atoms with Gasteiger partial charge in [0.05, 0.1) is 23.6 Å². The predicted octanol–water partition coefficient (Wildman–Crippen LogP) is 6.07. The molecule has 5 rings (SSSR count). The fraction of sp³-hybridized carbons (Fsp3) is 0.250.